The quantitative estimate of drug-likeness (QED) is 0.751. The molecule has 3 heteroatoms. The third kappa shape index (κ3) is 2.59. The Kier molecular flexibility index (Phi) is 4.29. The van der Waals surface area contributed by atoms with Gasteiger partial charge in [-0.25, -0.2) is 0 Å². The van der Waals surface area contributed by atoms with Gasteiger partial charge in [0, 0.05) is 20.9 Å². The smallest absolute Gasteiger partial charge is 0.0404 e. The highest BCUT2D eigenvalue weighted by Gasteiger charge is 2.34. The molecule has 0 fully saturated rings. The molecular formula is C17H17Br2N. The average molecular weight is 395 g/mol. The van der Waals surface area contributed by atoms with E-state index >= 15 is 0 Å². The van der Waals surface area contributed by atoms with Crippen LogP contribution in [-0.4, -0.2) is 6.54 Å². The second-order valence-corrected chi connectivity index (χ2v) is 6.98. The van der Waals surface area contributed by atoms with Gasteiger partial charge in [-0.1, -0.05) is 63.0 Å². The van der Waals surface area contributed by atoms with E-state index in [9.17, 15) is 0 Å². The zero-order valence-electron chi connectivity index (χ0n) is 11.4. The SMILES string of the molecule is CCNC(c1cc(Br)ccc1Br)C1Cc2ccccc21. The van der Waals surface area contributed by atoms with E-state index in [0.717, 1.165) is 17.4 Å². The summed E-state index contributed by atoms with van der Waals surface area (Å²) in [5.41, 5.74) is 4.32. The molecule has 20 heavy (non-hydrogen) atoms. The molecule has 0 amide bonds. The maximum Gasteiger partial charge on any atom is 0.0404 e. The normalized spacial score (nSPS) is 18.2. The molecular weight excluding hydrogens is 378 g/mol. The van der Waals surface area contributed by atoms with Crippen LogP contribution in [0, 0.1) is 0 Å². The van der Waals surface area contributed by atoms with Crippen LogP contribution in [0.15, 0.2) is 51.4 Å². The second kappa shape index (κ2) is 6.00. The van der Waals surface area contributed by atoms with Crippen LogP contribution in [0.2, 0.25) is 0 Å². The maximum atomic E-state index is 3.70. The lowest BCUT2D eigenvalue weighted by Crippen LogP contribution is -2.33. The minimum absolute atomic E-state index is 0.363. The van der Waals surface area contributed by atoms with E-state index in [0.29, 0.717) is 12.0 Å². The molecule has 0 aromatic heterocycles. The lowest BCUT2D eigenvalue weighted by Gasteiger charge is -2.37. The molecule has 1 aliphatic rings. The highest BCUT2D eigenvalue weighted by Crippen LogP contribution is 2.45. The average Bonchev–Trinajstić information content (AvgIpc) is 2.42. The summed E-state index contributed by atoms with van der Waals surface area (Å²) in [6.45, 7) is 3.14. The van der Waals surface area contributed by atoms with Gasteiger partial charge < -0.3 is 5.32 Å². The molecule has 0 bridgehead atoms. The molecule has 104 valence electrons. The first-order valence-electron chi connectivity index (χ1n) is 6.97. The largest absolute Gasteiger partial charge is 0.310 e. The van der Waals surface area contributed by atoms with E-state index in [2.05, 4.69) is 86.6 Å². The topological polar surface area (TPSA) is 12.0 Å². The molecule has 2 atom stereocenters. The molecule has 0 saturated carbocycles. The molecule has 2 aromatic rings. The van der Waals surface area contributed by atoms with E-state index in [-0.39, 0.29) is 0 Å². The number of hydrogen-bond acceptors (Lipinski definition) is 1. The first kappa shape index (κ1) is 14.3. The van der Waals surface area contributed by atoms with Gasteiger partial charge in [0.1, 0.15) is 0 Å². The molecule has 0 heterocycles. The molecule has 2 unspecified atom stereocenters. The van der Waals surface area contributed by atoms with Crippen molar-refractivity contribution in [3.63, 3.8) is 0 Å². The summed E-state index contributed by atoms with van der Waals surface area (Å²) in [5, 5.41) is 3.66. The Hall–Kier alpha value is -0.640. The van der Waals surface area contributed by atoms with Crippen molar-refractivity contribution < 1.29 is 0 Å². The number of hydrogen-bond donors (Lipinski definition) is 1. The van der Waals surface area contributed by atoms with Crippen molar-refractivity contribution in [3.8, 4) is 0 Å². The van der Waals surface area contributed by atoms with Crippen LogP contribution in [0.3, 0.4) is 0 Å². The Bertz CT molecular complexity index is 624. The van der Waals surface area contributed by atoms with Crippen molar-refractivity contribution in [2.24, 2.45) is 0 Å². The number of nitrogens with one attached hydrogen (secondary N) is 1. The van der Waals surface area contributed by atoms with Gasteiger partial charge in [0.15, 0.2) is 0 Å². The zero-order chi connectivity index (χ0) is 14.1. The van der Waals surface area contributed by atoms with Crippen LogP contribution in [0.5, 0.6) is 0 Å². The van der Waals surface area contributed by atoms with Gasteiger partial charge in [-0.15, -0.1) is 0 Å². The first-order chi connectivity index (χ1) is 9.70. The van der Waals surface area contributed by atoms with E-state index in [1.807, 2.05) is 0 Å². The van der Waals surface area contributed by atoms with Gasteiger partial charge in [0.25, 0.3) is 0 Å². The molecule has 2 aromatic carbocycles. The Morgan fingerprint density at radius 3 is 2.75 bits per heavy atom. The predicted octanol–water partition coefficient (Wildman–Crippen LogP) is 5.20. The summed E-state index contributed by atoms with van der Waals surface area (Å²) in [6.07, 6.45) is 1.16. The predicted molar refractivity (Wildman–Crippen MR) is 91.1 cm³/mol. The summed E-state index contributed by atoms with van der Waals surface area (Å²) >= 11 is 7.29. The fraction of sp³-hybridized carbons (Fsp3) is 0.294. The third-order valence-electron chi connectivity index (χ3n) is 4.01. The number of benzene rings is 2. The highest BCUT2D eigenvalue weighted by molar-refractivity contribution is 9.11. The van der Waals surface area contributed by atoms with Gasteiger partial charge >= 0.3 is 0 Å². The Morgan fingerprint density at radius 2 is 2.00 bits per heavy atom. The van der Waals surface area contributed by atoms with E-state index in [1.54, 1.807) is 0 Å². The van der Waals surface area contributed by atoms with E-state index in [4.69, 9.17) is 0 Å². The minimum atomic E-state index is 0.363. The van der Waals surface area contributed by atoms with Crippen LogP contribution in [0.25, 0.3) is 0 Å². The van der Waals surface area contributed by atoms with Crippen molar-refractivity contribution in [2.45, 2.75) is 25.3 Å². The van der Waals surface area contributed by atoms with Crippen LogP contribution in [0.4, 0.5) is 0 Å². The molecule has 0 radical (unpaired) electrons. The maximum absolute atomic E-state index is 3.70. The number of likely N-dealkylation sites (N-methyl/N-ethyl adjacent to an activating group) is 1. The molecule has 0 aliphatic heterocycles. The Labute approximate surface area is 137 Å². The molecule has 1 nitrogen and oxygen atoms in total. The Balaban J connectivity index is 1.97. The van der Waals surface area contributed by atoms with Crippen molar-refractivity contribution in [2.75, 3.05) is 6.54 Å². The molecule has 1 aliphatic carbocycles. The molecule has 0 saturated heterocycles. The van der Waals surface area contributed by atoms with Crippen molar-refractivity contribution >= 4 is 31.9 Å². The van der Waals surface area contributed by atoms with Crippen LogP contribution in [-0.2, 0) is 6.42 Å². The van der Waals surface area contributed by atoms with E-state index < -0.39 is 0 Å². The molecule has 3 rings (SSSR count). The number of halogens is 2. The summed E-state index contributed by atoms with van der Waals surface area (Å²) < 4.78 is 2.31. The van der Waals surface area contributed by atoms with Gasteiger partial charge in [0.2, 0.25) is 0 Å². The lowest BCUT2D eigenvalue weighted by molar-refractivity contribution is 0.418. The van der Waals surface area contributed by atoms with Crippen molar-refractivity contribution in [1.82, 2.24) is 5.32 Å². The molecule has 1 N–H and O–H groups in total. The summed E-state index contributed by atoms with van der Waals surface area (Å²) in [7, 11) is 0. The van der Waals surface area contributed by atoms with Crippen LogP contribution >= 0.6 is 31.9 Å². The van der Waals surface area contributed by atoms with Gasteiger partial charge in [-0.3, -0.25) is 0 Å². The summed E-state index contributed by atoms with van der Waals surface area (Å²) in [5.74, 6) is 0.566. The fourth-order valence-corrected chi connectivity index (χ4v) is 3.91. The highest BCUT2D eigenvalue weighted by atomic mass is 79.9. The van der Waals surface area contributed by atoms with Gasteiger partial charge in [-0.05, 0) is 47.9 Å². The van der Waals surface area contributed by atoms with Crippen molar-refractivity contribution in [3.05, 3.63) is 68.1 Å². The first-order valence-corrected chi connectivity index (χ1v) is 8.55. The lowest BCUT2D eigenvalue weighted by atomic mass is 9.71. The summed E-state index contributed by atoms with van der Waals surface area (Å²) in [4.78, 5) is 0. The minimum Gasteiger partial charge on any atom is -0.310 e. The summed E-state index contributed by atoms with van der Waals surface area (Å²) in [6, 6.07) is 15.6. The van der Waals surface area contributed by atoms with Crippen LogP contribution in [0.1, 0.15) is 35.6 Å². The van der Waals surface area contributed by atoms with Crippen molar-refractivity contribution in [1.29, 1.82) is 0 Å². The molecule has 0 spiro atoms. The standard InChI is InChI=1S/C17H17Br2N/c1-2-20-17(15-10-12(18)7-8-16(15)19)14-9-11-5-3-4-6-13(11)14/h3-8,10,14,17,20H,2,9H2,1H3. The monoisotopic (exact) mass is 393 g/mol. The zero-order valence-corrected chi connectivity index (χ0v) is 14.5. The van der Waals surface area contributed by atoms with Gasteiger partial charge in [-0.2, -0.15) is 0 Å². The number of fused-ring (bicyclic) bond motifs is 1. The fourth-order valence-electron chi connectivity index (χ4n) is 3.04. The second-order valence-electron chi connectivity index (χ2n) is 5.21. The van der Waals surface area contributed by atoms with E-state index in [1.165, 1.54) is 21.2 Å². The van der Waals surface area contributed by atoms with Gasteiger partial charge in [0.05, 0.1) is 0 Å². The third-order valence-corrected chi connectivity index (χ3v) is 5.23. The van der Waals surface area contributed by atoms with Crippen LogP contribution < -0.4 is 5.32 Å². The number of rotatable bonds is 4. The Morgan fingerprint density at radius 1 is 1.20 bits per heavy atom.